The van der Waals surface area contributed by atoms with Crippen LogP contribution in [-0.4, -0.2) is 18.4 Å². The van der Waals surface area contributed by atoms with Gasteiger partial charge in [0.25, 0.3) is 0 Å². The van der Waals surface area contributed by atoms with Crippen LogP contribution in [0.15, 0.2) is 18.2 Å². The third-order valence-corrected chi connectivity index (χ3v) is 5.06. The lowest BCUT2D eigenvalue weighted by Gasteiger charge is -2.27. The molecule has 1 aromatic carbocycles. The molecule has 25 heavy (non-hydrogen) atoms. The van der Waals surface area contributed by atoms with E-state index in [1.807, 2.05) is 0 Å². The number of hydrogen-bond acceptors (Lipinski definition) is 2. The summed E-state index contributed by atoms with van der Waals surface area (Å²) in [5, 5.41) is 6.87. The highest BCUT2D eigenvalue weighted by molar-refractivity contribution is 6.35. The Morgan fingerprint density at radius 3 is 2.04 bits per heavy atom. The van der Waals surface area contributed by atoms with E-state index in [9.17, 15) is 9.59 Å². The van der Waals surface area contributed by atoms with Crippen LogP contribution in [0.4, 0.5) is 5.69 Å². The summed E-state index contributed by atoms with van der Waals surface area (Å²) in [5.74, 6) is 0.632. The Labute approximate surface area is 159 Å². The fourth-order valence-electron chi connectivity index (χ4n) is 3.12. The first-order valence-electron chi connectivity index (χ1n) is 8.90. The van der Waals surface area contributed by atoms with Gasteiger partial charge < -0.3 is 10.6 Å². The molecule has 4 nitrogen and oxygen atoms in total. The number of hydrogen-bond donors (Lipinski definition) is 2. The van der Waals surface area contributed by atoms with Gasteiger partial charge in [0.1, 0.15) is 0 Å². The Kier molecular flexibility index (Phi) is 7.57. The van der Waals surface area contributed by atoms with Crippen LogP contribution < -0.4 is 10.6 Å². The third-order valence-electron chi connectivity index (χ3n) is 4.62. The fourth-order valence-corrected chi connectivity index (χ4v) is 3.64. The highest BCUT2D eigenvalue weighted by Crippen LogP contribution is 2.30. The van der Waals surface area contributed by atoms with Crippen LogP contribution in [0, 0.1) is 17.8 Å². The number of benzene rings is 1. The minimum atomic E-state index is -0.0718. The minimum Gasteiger partial charge on any atom is -0.356 e. The van der Waals surface area contributed by atoms with Crippen LogP contribution in [0.3, 0.4) is 0 Å². The van der Waals surface area contributed by atoms with Gasteiger partial charge in [0.2, 0.25) is 11.8 Å². The van der Waals surface area contributed by atoms with Gasteiger partial charge in [-0.05, 0) is 56.2 Å². The first-order chi connectivity index (χ1) is 11.8. The molecule has 2 N–H and O–H groups in total. The molecular formula is C19H26Cl2N2O2. The molecule has 2 rings (SSSR count). The normalized spacial score (nSPS) is 20.4. The van der Waals surface area contributed by atoms with Crippen LogP contribution in [0.1, 0.15) is 46.0 Å². The lowest BCUT2D eigenvalue weighted by Crippen LogP contribution is -2.36. The van der Waals surface area contributed by atoms with Gasteiger partial charge in [0.05, 0.1) is 0 Å². The van der Waals surface area contributed by atoms with Crippen LogP contribution in [0.25, 0.3) is 0 Å². The van der Waals surface area contributed by atoms with E-state index in [4.69, 9.17) is 23.2 Å². The van der Waals surface area contributed by atoms with E-state index in [0.717, 1.165) is 38.6 Å². The number of halogens is 2. The van der Waals surface area contributed by atoms with Crippen molar-refractivity contribution in [2.24, 2.45) is 17.8 Å². The quantitative estimate of drug-likeness (QED) is 0.732. The van der Waals surface area contributed by atoms with Gasteiger partial charge in [-0.2, -0.15) is 0 Å². The first-order valence-corrected chi connectivity index (χ1v) is 9.65. The molecule has 0 heterocycles. The van der Waals surface area contributed by atoms with Crippen LogP contribution in [-0.2, 0) is 9.59 Å². The Hall–Kier alpha value is -1.26. The lowest BCUT2D eigenvalue weighted by molar-refractivity contribution is -0.128. The van der Waals surface area contributed by atoms with Crippen LogP contribution in [0.2, 0.25) is 10.0 Å². The average molecular weight is 385 g/mol. The summed E-state index contributed by atoms with van der Waals surface area (Å²) in [6, 6.07) is 4.99. The highest BCUT2D eigenvalue weighted by Gasteiger charge is 2.29. The molecule has 0 radical (unpaired) electrons. The van der Waals surface area contributed by atoms with Gasteiger partial charge in [0, 0.05) is 34.1 Å². The van der Waals surface area contributed by atoms with Crippen molar-refractivity contribution in [1.82, 2.24) is 5.32 Å². The summed E-state index contributed by atoms with van der Waals surface area (Å²) in [6.45, 7) is 5.01. The van der Waals surface area contributed by atoms with Crippen LogP contribution in [0.5, 0.6) is 0 Å². The van der Waals surface area contributed by atoms with Crippen molar-refractivity contribution in [3.05, 3.63) is 28.2 Å². The van der Waals surface area contributed by atoms with Gasteiger partial charge in [-0.3, -0.25) is 9.59 Å². The second-order valence-electron chi connectivity index (χ2n) is 7.17. The molecule has 1 aliphatic rings. The maximum atomic E-state index is 12.4. The third kappa shape index (κ3) is 6.52. The fraction of sp³-hybridized carbons (Fsp3) is 0.579. The molecule has 1 saturated carbocycles. The summed E-state index contributed by atoms with van der Waals surface area (Å²) in [7, 11) is 0. The SMILES string of the molecule is CC(C)CCNC(=O)C1CCC(C(=O)Nc2cc(Cl)cc(Cl)c2)CC1. The molecule has 0 unspecified atom stereocenters. The monoisotopic (exact) mass is 384 g/mol. The number of anilines is 1. The Bertz CT molecular complexity index is 591. The van der Waals surface area contributed by atoms with Crippen molar-refractivity contribution < 1.29 is 9.59 Å². The molecule has 0 aliphatic heterocycles. The van der Waals surface area contributed by atoms with E-state index in [-0.39, 0.29) is 23.7 Å². The zero-order valence-electron chi connectivity index (χ0n) is 14.8. The average Bonchev–Trinajstić information content (AvgIpc) is 2.53. The number of amides is 2. The second-order valence-corrected chi connectivity index (χ2v) is 8.04. The molecule has 1 aliphatic carbocycles. The molecule has 0 saturated heterocycles. The molecule has 138 valence electrons. The Balaban J connectivity index is 1.79. The van der Waals surface area contributed by atoms with Gasteiger partial charge in [-0.15, -0.1) is 0 Å². The van der Waals surface area contributed by atoms with E-state index in [2.05, 4.69) is 24.5 Å². The summed E-state index contributed by atoms with van der Waals surface area (Å²) in [5.41, 5.74) is 0.607. The molecule has 0 atom stereocenters. The molecule has 0 spiro atoms. The summed E-state index contributed by atoms with van der Waals surface area (Å²) in [4.78, 5) is 24.6. The van der Waals surface area contributed by atoms with Crippen molar-refractivity contribution in [2.45, 2.75) is 46.0 Å². The predicted molar refractivity (Wildman–Crippen MR) is 103 cm³/mol. The van der Waals surface area contributed by atoms with Crippen molar-refractivity contribution in [3.63, 3.8) is 0 Å². The van der Waals surface area contributed by atoms with E-state index in [1.54, 1.807) is 18.2 Å². The van der Waals surface area contributed by atoms with Crippen LogP contribution >= 0.6 is 23.2 Å². The zero-order valence-corrected chi connectivity index (χ0v) is 16.3. The summed E-state index contributed by atoms with van der Waals surface area (Å²) < 4.78 is 0. The largest absolute Gasteiger partial charge is 0.356 e. The second kappa shape index (κ2) is 9.44. The molecule has 1 fully saturated rings. The molecule has 1 aromatic rings. The van der Waals surface area contributed by atoms with Gasteiger partial charge in [0.15, 0.2) is 0 Å². The maximum absolute atomic E-state index is 12.4. The van der Waals surface area contributed by atoms with Gasteiger partial charge in [-0.1, -0.05) is 37.0 Å². The topological polar surface area (TPSA) is 58.2 Å². The highest BCUT2D eigenvalue weighted by atomic mass is 35.5. The van der Waals surface area contributed by atoms with E-state index in [0.29, 0.717) is 21.7 Å². The minimum absolute atomic E-state index is 0.0248. The van der Waals surface area contributed by atoms with Crippen molar-refractivity contribution >= 4 is 40.7 Å². The molecule has 2 amide bonds. The Morgan fingerprint density at radius 1 is 1.00 bits per heavy atom. The van der Waals surface area contributed by atoms with E-state index >= 15 is 0 Å². The summed E-state index contributed by atoms with van der Waals surface area (Å²) in [6.07, 6.45) is 3.94. The van der Waals surface area contributed by atoms with E-state index in [1.165, 1.54) is 0 Å². The van der Waals surface area contributed by atoms with Gasteiger partial charge in [-0.25, -0.2) is 0 Å². The van der Waals surface area contributed by atoms with Crippen molar-refractivity contribution in [2.75, 3.05) is 11.9 Å². The maximum Gasteiger partial charge on any atom is 0.227 e. The van der Waals surface area contributed by atoms with Gasteiger partial charge >= 0.3 is 0 Å². The molecule has 0 aromatic heterocycles. The molecule has 0 bridgehead atoms. The molecule has 6 heteroatoms. The van der Waals surface area contributed by atoms with Crippen molar-refractivity contribution in [3.8, 4) is 0 Å². The predicted octanol–water partition coefficient (Wildman–Crippen LogP) is 4.90. The smallest absolute Gasteiger partial charge is 0.227 e. The number of carbonyl (C=O) groups is 2. The number of rotatable bonds is 6. The number of nitrogens with one attached hydrogen (secondary N) is 2. The summed E-state index contributed by atoms with van der Waals surface area (Å²) >= 11 is 11.9. The zero-order chi connectivity index (χ0) is 18.4. The number of carbonyl (C=O) groups excluding carboxylic acids is 2. The first kappa shape index (κ1) is 20.1. The Morgan fingerprint density at radius 2 is 1.52 bits per heavy atom. The lowest BCUT2D eigenvalue weighted by atomic mass is 9.81. The van der Waals surface area contributed by atoms with Crippen molar-refractivity contribution in [1.29, 1.82) is 0 Å². The van der Waals surface area contributed by atoms with E-state index < -0.39 is 0 Å². The molecular weight excluding hydrogens is 359 g/mol. The standard InChI is InChI=1S/C19H26Cl2N2O2/c1-12(2)7-8-22-18(24)13-3-5-14(6-4-13)19(25)23-17-10-15(20)9-16(21)11-17/h9-14H,3-8H2,1-2H3,(H,22,24)(H,23,25).